The molecule has 2 aliphatic rings. The van der Waals surface area contributed by atoms with Gasteiger partial charge < -0.3 is 15.5 Å². The monoisotopic (exact) mass is 410 g/mol. The van der Waals surface area contributed by atoms with E-state index < -0.39 is 35.1 Å². The van der Waals surface area contributed by atoms with Gasteiger partial charge >= 0.3 is 12.2 Å². The Hall–Kier alpha value is -3.08. The van der Waals surface area contributed by atoms with E-state index in [9.17, 15) is 22.8 Å². The number of urea groups is 1. The van der Waals surface area contributed by atoms with Crippen molar-refractivity contribution in [3.05, 3.63) is 41.6 Å². The Kier molecular flexibility index (Phi) is 4.81. The van der Waals surface area contributed by atoms with Crippen LogP contribution in [0.15, 0.2) is 41.0 Å². The molecule has 0 bridgehead atoms. The van der Waals surface area contributed by atoms with Crippen LogP contribution >= 0.6 is 0 Å². The average Bonchev–Trinajstić information content (AvgIpc) is 2.94. The van der Waals surface area contributed by atoms with E-state index in [0.717, 1.165) is 17.0 Å². The summed E-state index contributed by atoms with van der Waals surface area (Å²) in [4.78, 5) is 31.3. The molecule has 1 aromatic carbocycles. The Morgan fingerprint density at radius 3 is 2.55 bits per heavy atom. The van der Waals surface area contributed by atoms with Crippen LogP contribution in [-0.2, 0) is 11.0 Å². The largest absolute Gasteiger partial charge is 0.416 e. The highest BCUT2D eigenvalue weighted by atomic mass is 19.4. The molecule has 8 nitrogen and oxygen atoms in total. The van der Waals surface area contributed by atoms with E-state index in [1.165, 1.54) is 36.5 Å². The number of nitrogens with two attached hydrogens (primary N) is 1. The summed E-state index contributed by atoms with van der Waals surface area (Å²) in [5, 5.41) is 5.50. The van der Waals surface area contributed by atoms with Crippen molar-refractivity contribution in [2.45, 2.75) is 31.5 Å². The van der Waals surface area contributed by atoms with Gasteiger partial charge in [-0.2, -0.15) is 13.2 Å². The predicted molar refractivity (Wildman–Crippen MR) is 101 cm³/mol. The Morgan fingerprint density at radius 2 is 2.03 bits per heavy atom. The molecule has 1 atom stereocenters. The maximum Gasteiger partial charge on any atom is 0.416 e. The molecule has 1 fully saturated rings. The van der Waals surface area contributed by atoms with E-state index in [1.54, 1.807) is 0 Å². The summed E-state index contributed by atoms with van der Waals surface area (Å²) in [5.41, 5.74) is 4.95. The van der Waals surface area contributed by atoms with Crippen molar-refractivity contribution in [3.63, 3.8) is 0 Å². The lowest BCUT2D eigenvalue weighted by Gasteiger charge is -2.36. The Balaban J connectivity index is 1.76. The first kappa shape index (κ1) is 20.6. The third kappa shape index (κ3) is 4.04. The number of hydrogen-bond donors (Lipinski definition) is 3. The van der Waals surface area contributed by atoms with E-state index in [0.29, 0.717) is 0 Å². The summed E-state index contributed by atoms with van der Waals surface area (Å²) in [6, 6.07) is 4.02. The highest BCUT2D eigenvalue weighted by molar-refractivity contribution is 6.18. The molecular weight excluding hydrogens is 389 g/mol. The number of nitrogens with zero attached hydrogens (tertiary/aromatic N) is 3. The standard InChI is InChI=1S/C18H21F3N6O2/c1-16(2)10-27(15(29)25-16)18(22)23-8-11(9-24-18)14(28)26(3)13-6-4-5-12(7-13)17(19,20)21/h4-9,23H,10,22H2,1-3H3,(H,25,29). The molecule has 3 rings (SSSR count). The summed E-state index contributed by atoms with van der Waals surface area (Å²) >= 11 is 0. The number of likely N-dealkylation sites (N-methyl/N-ethyl adjacent to an activating group) is 1. The van der Waals surface area contributed by atoms with E-state index in [1.807, 2.05) is 13.8 Å². The van der Waals surface area contributed by atoms with Gasteiger partial charge in [0.2, 0.25) is 0 Å². The minimum atomic E-state index is -4.52. The fourth-order valence-corrected chi connectivity index (χ4v) is 3.03. The van der Waals surface area contributed by atoms with Crippen LogP contribution in [0.2, 0.25) is 0 Å². The van der Waals surface area contributed by atoms with Crippen molar-refractivity contribution < 1.29 is 22.8 Å². The molecule has 2 aliphatic heterocycles. The Bertz CT molecular complexity index is 911. The van der Waals surface area contributed by atoms with Crippen molar-refractivity contribution >= 4 is 23.8 Å². The summed E-state index contributed by atoms with van der Waals surface area (Å²) in [7, 11) is 1.35. The summed E-state index contributed by atoms with van der Waals surface area (Å²) in [6.07, 6.45) is -2.03. The Morgan fingerprint density at radius 1 is 1.34 bits per heavy atom. The number of anilines is 1. The van der Waals surface area contributed by atoms with Gasteiger partial charge in [0.25, 0.3) is 11.8 Å². The smallest absolute Gasteiger partial charge is 0.337 e. The van der Waals surface area contributed by atoms with Crippen LogP contribution in [0.25, 0.3) is 0 Å². The topological polar surface area (TPSA) is 103 Å². The minimum absolute atomic E-state index is 0.0735. The summed E-state index contributed by atoms with van der Waals surface area (Å²) < 4.78 is 38.7. The van der Waals surface area contributed by atoms with Gasteiger partial charge in [0.05, 0.1) is 23.2 Å². The number of nitrogens with one attached hydrogen (secondary N) is 2. The first-order chi connectivity index (χ1) is 13.3. The maximum atomic E-state index is 12.9. The lowest BCUT2D eigenvalue weighted by molar-refractivity contribution is -0.137. The number of halogens is 3. The maximum absolute atomic E-state index is 12.9. The van der Waals surface area contributed by atoms with Crippen molar-refractivity contribution in [3.8, 4) is 0 Å². The quantitative estimate of drug-likeness (QED) is 0.704. The highest BCUT2D eigenvalue weighted by Gasteiger charge is 2.46. The molecule has 3 amide bonds. The molecule has 1 unspecified atom stereocenters. The molecule has 0 aromatic heterocycles. The van der Waals surface area contributed by atoms with Crippen LogP contribution in [0.4, 0.5) is 23.7 Å². The molecule has 0 spiro atoms. The highest BCUT2D eigenvalue weighted by Crippen LogP contribution is 2.31. The molecular formula is C18H21F3N6O2. The number of alkyl halides is 3. The number of hydrogen-bond acceptors (Lipinski definition) is 5. The fraction of sp³-hybridized carbons (Fsp3) is 0.389. The van der Waals surface area contributed by atoms with Crippen LogP contribution in [0.1, 0.15) is 19.4 Å². The minimum Gasteiger partial charge on any atom is -0.337 e. The van der Waals surface area contributed by atoms with E-state index >= 15 is 0 Å². The van der Waals surface area contributed by atoms with E-state index in [2.05, 4.69) is 15.6 Å². The first-order valence-electron chi connectivity index (χ1n) is 8.69. The zero-order chi connectivity index (χ0) is 21.6. The number of benzene rings is 1. The van der Waals surface area contributed by atoms with Gasteiger partial charge in [0.15, 0.2) is 0 Å². The average molecular weight is 410 g/mol. The van der Waals surface area contributed by atoms with Gasteiger partial charge in [-0.15, -0.1) is 0 Å². The number of carbonyl (C=O) groups is 2. The molecule has 29 heavy (non-hydrogen) atoms. The number of rotatable bonds is 3. The second-order valence-corrected chi connectivity index (χ2v) is 7.54. The van der Waals surface area contributed by atoms with Crippen molar-refractivity contribution in [2.24, 2.45) is 10.7 Å². The zero-order valence-corrected chi connectivity index (χ0v) is 16.0. The molecule has 4 N–H and O–H groups in total. The summed E-state index contributed by atoms with van der Waals surface area (Å²) in [6.45, 7) is 3.94. The Labute approximate surface area is 165 Å². The van der Waals surface area contributed by atoms with E-state index in [-0.39, 0.29) is 17.8 Å². The number of carbonyl (C=O) groups excluding carboxylic acids is 2. The van der Waals surface area contributed by atoms with Crippen molar-refractivity contribution in [1.29, 1.82) is 0 Å². The van der Waals surface area contributed by atoms with Crippen LogP contribution in [0.3, 0.4) is 0 Å². The molecule has 1 aromatic rings. The molecule has 0 aliphatic carbocycles. The van der Waals surface area contributed by atoms with Gasteiger partial charge in [0.1, 0.15) is 0 Å². The molecule has 1 saturated heterocycles. The van der Waals surface area contributed by atoms with Crippen molar-refractivity contribution in [1.82, 2.24) is 15.5 Å². The van der Waals surface area contributed by atoms with Crippen molar-refractivity contribution in [2.75, 3.05) is 18.5 Å². The lowest BCUT2D eigenvalue weighted by atomic mass is 10.1. The molecule has 0 saturated carbocycles. The zero-order valence-electron chi connectivity index (χ0n) is 16.0. The second kappa shape index (κ2) is 6.76. The molecule has 11 heteroatoms. The third-order valence-electron chi connectivity index (χ3n) is 4.61. The van der Waals surface area contributed by atoms with Gasteiger partial charge in [-0.25, -0.2) is 9.79 Å². The number of aliphatic imine (C=N–C) groups is 1. The van der Waals surface area contributed by atoms with E-state index in [4.69, 9.17) is 5.73 Å². The van der Waals surface area contributed by atoms with Crippen LogP contribution in [-0.4, -0.2) is 48.1 Å². The van der Waals surface area contributed by atoms with Crippen LogP contribution in [0.5, 0.6) is 0 Å². The lowest BCUT2D eigenvalue weighted by Crippen LogP contribution is -2.65. The summed E-state index contributed by atoms with van der Waals surface area (Å²) in [5.74, 6) is -2.16. The second-order valence-electron chi connectivity index (χ2n) is 7.54. The van der Waals surface area contributed by atoms with Gasteiger partial charge in [0, 0.05) is 25.1 Å². The van der Waals surface area contributed by atoms with Gasteiger partial charge in [-0.3, -0.25) is 15.4 Å². The first-order valence-corrected chi connectivity index (χ1v) is 8.69. The van der Waals surface area contributed by atoms with Gasteiger partial charge in [-0.1, -0.05) is 6.07 Å². The SMILES string of the molecule is CN(C(=O)C1=CNC(N)(N2CC(C)(C)NC2=O)N=C1)c1cccc(C(F)(F)F)c1. The number of amides is 3. The molecule has 0 radical (unpaired) electrons. The van der Waals surface area contributed by atoms with Crippen LogP contribution < -0.4 is 21.3 Å². The van der Waals surface area contributed by atoms with Gasteiger partial charge in [-0.05, 0) is 32.0 Å². The molecule has 156 valence electrons. The third-order valence-corrected chi connectivity index (χ3v) is 4.61. The molecule has 2 heterocycles. The predicted octanol–water partition coefficient (Wildman–Crippen LogP) is 1.60. The fourth-order valence-electron chi connectivity index (χ4n) is 3.03. The normalized spacial score (nSPS) is 23.3. The van der Waals surface area contributed by atoms with Crippen LogP contribution in [0, 0.1) is 0 Å².